The highest BCUT2D eigenvalue weighted by atomic mass is 16.5. The molecule has 0 bridgehead atoms. The largest absolute Gasteiger partial charge is 0.377 e. The van der Waals surface area contributed by atoms with E-state index in [1.54, 1.807) is 0 Å². The first-order chi connectivity index (χ1) is 20.7. The topological polar surface area (TPSA) is 24.9 Å². The summed E-state index contributed by atoms with van der Waals surface area (Å²) in [6.07, 6.45) is 15.1. The van der Waals surface area contributed by atoms with Crippen LogP contribution in [-0.2, 0) is 22.7 Å². The number of benzene rings is 2. The minimum atomic E-state index is 0.681. The zero-order valence-electron chi connectivity index (χ0n) is 27.9. The van der Waals surface area contributed by atoms with E-state index in [0.29, 0.717) is 13.2 Å². The Labute approximate surface area is 260 Å². The maximum absolute atomic E-state index is 6.08. The third-order valence-corrected chi connectivity index (χ3v) is 8.06. The summed E-state index contributed by atoms with van der Waals surface area (Å²) in [7, 11) is 0. The second-order valence-electron chi connectivity index (χ2n) is 12.0. The van der Waals surface area contributed by atoms with Crippen molar-refractivity contribution in [3.8, 4) is 11.1 Å². The maximum atomic E-state index is 6.08. The zero-order valence-corrected chi connectivity index (χ0v) is 27.9. The standard InChI is InChI=1S/C38H64N2O2/c1-5-9-23-39(24-10-6-2)27-13-15-29-41-33-35-19-17-21-37(31-35)38-22-18-20-36(32-38)34-42-30-16-14-28-40(25-11-7-3)26-12-8-4/h17-22,31-32H,5-16,23-30,33-34H2,1-4H3. The number of nitrogens with zero attached hydrogens (tertiary/aromatic N) is 2. The van der Waals surface area contributed by atoms with Gasteiger partial charge in [-0.1, -0.05) is 89.8 Å². The monoisotopic (exact) mass is 580 g/mol. The summed E-state index contributed by atoms with van der Waals surface area (Å²) in [6.45, 7) is 19.6. The number of unbranched alkanes of at least 4 members (excludes halogenated alkanes) is 6. The third-order valence-electron chi connectivity index (χ3n) is 8.06. The molecule has 0 aliphatic heterocycles. The molecule has 2 aromatic rings. The lowest BCUT2D eigenvalue weighted by Crippen LogP contribution is -2.27. The van der Waals surface area contributed by atoms with Crippen molar-refractivity contribution in [2.45, 2.75) is 118 Å². The molecule has 0 aliphatic rings. The van der Waals surface area contributed by atoms with E-state index >= 15 is 0 Å². The molecule has 0 aromatic heterocycles. The minimum Gasteiger partial charge on any atom is -0.377 e. The van der Waals surface area contributed by atoms with E-state index in [9.17, 15) is 0 Å². The van der Waals surface area contributed by atoms with Gasteiger partial charge in [0.05, 0.1) is 13.2 Å². The van der Waals surface area contributed by atoms with Crippen LogP contribution in [0.1, 0.15) is 116 Å². The second-order valence-corrected chi connectivity index (χ2v) is 12.0. The molecule has 0 fully saturated rings. The van der Waals surface area contributed by atoms with Crippen molar-refractivity contribution in [2.24, 2.45) is 0 Å². The van der Waals surface area contributed by atoms with Gasteiger partial charge in [0.2, 0.25) is 0 Å². The van der Waals surface area contributed by atoms with Crippen LogP contribution in [0.15, 0.2) is 48.5 Å². The molecule has 0 aliphatic carbocycles. The lowest BCUT2D eigenvalue weighted by atomic mass is 10.0. The number of rotatable bonds is 27. The van der Waals surface area contributed by atoms with Gasteiger partial charge in [-0.3, -0.25) is 0 Å². The molecule has 2 aromatic carbocycles. The van der Waals surface area contributed by atoms with E-state index < -0.39 is 0 Å². The van der Waals surface area contributed by atoms with Crippen LogP contribution in [0.2, 0.25) is 0 Å². The van der Waals surface area contributed by atoms with E-state index in [2.05, 4.69) is 86.0 Å². The second kappa shape index (κ2) is 24.7. The van der Waals surface area contributed by atoms with E-state index in [1.807, 2.05) is 0 Å². The Bertz CT molecular complexity index is 813. The molecular weight excluding hydrogens is 516 g/mol. The molecule has 4 nitrogen and oxygen atoms in total. The summed E-state index contributed by atoms with van der Waals surface area (Å²) in [5.41, 5.74) is 4.99. The zero-order chi connectivity index (χ0) is 30.1. The lowest BCUT2D eigenvalue weighted by Gasteiger charge is -2.21. The molecule has 2 rings (SSSR count). The van der Waals surface area contributed by atoms with Crippen molar-refractivity contribution in [1.29, 1.82) is 0 Å². The van der Waals surface area contributed by atoms with Crippen LogP contribution < -0.4 is 0 Å². The molecule has 0 radical (unpaired) electrons. The molecule has 42 heavy (non-hydrogen) atoms. The van der Waals surface area contributed by atoms with Crippen LogP contribution in [-0.4, -0.2) is 62.3 Å². The predicted octanol–water partition coefficient (Wildman–Crippen LogP) is 9.75. The van der Waals surface area contributed by atoms with Crippen LogP contribution >= 0.6 is 0 Å². The number of ether oxygens (including phenoxy) is 2. The summed E-state index contributed by atoms with van der Waals surface area (Å²) in [5, 5.41) is 0. The van der Waals surface area contributed by atoms with Crippen LogP contribution in [0, 0.1) is 0 Å². The summed E-state index contributed by atoms with van der Waals surface area (Å²) >= 11 is 0. The van der Waals surface area contributed by atoms with Gasteiger partial charge in [0.15, 0.2) is 0 Å². The number of hydrogen-bond donors (Lipinski definition) is 0. The van der Waals surface area contributed by atoms with Crippen LogP contribution in [0.25, 0.3) is 11.1 Å². The molecule has 0 spiro atoms. The Morgan fingerprint density at radius 3 is 1.17 bits per heavy atom. The van der Waals surface area contributed by atoms with E-state index in [0.717, 1.165) is 26.1 Å². The molecular formula is C38H64N2O2. The first-order valence-corrected chi connectivity index (χ1v) is 17.5. The van der Waals surface area contributed by atoms with Crippen molar-refractivity contribution >= 4 is 0 Å². The van der Waals surface area contributed by atoms with Gasteiger partial charge in [0, 0.05) is 13.2 Å². The van der Waals surface area contributed by atoms with Gasteiger partial charge in [-0.2, -0.15) is 0 Å². The van der Waals surface area contributed by atoms with Crippen LogP contribution in [0.5, 0.6) is 0 Å². The smallest absolute Gasteiger partial charge is 0.0717 e. The van der Waals surface area contributed by atoms with Gasteiger partial charge in [-0.05, 0) is 125 Å². The molecule has 0 unspecified atom stereocenters. The quantitative estimate of drug-likeness (QED) is 0.0982. The third kappa shape index (κ3) is 16.8. The SMILES string of the molecule is CCCCN(CCCC)CCCCOCc1cccc(-c2cccc(COCCCCN(CCCC)CCCC)c2)c1. The molecule has 0 saturated heterocycles. The van der Waals surface area contributed by atoms with E-state index in [4.69, 9.17) is 9.47 Å². The first kappa shape index (κ1) is 36.5. The van der Waals surface area contributed by atoms with Crippen molar-refractivity contribution in [3.05, 3.63) is 59.7 Å². The summed E-state index contributed by atoms with van der Waals surface area (Å²) in [4.78, 5) is 5.29. The summed E-state index contributed by atoms with van der Waals surface area (Å²) < 4.78 is 12.2. The molecule has 0 amide bonds. The Balaban J connectivity index is 1.70. The molecule has 0 atom stereocenters. The number of hydrogen-bond acceptors (Lipinski definition) is 4. The van der Waals surface area contributed by atoms with Gasteiger partial charge < -0.3 is 19.3 Å². The Morgan fingerprint density at radius 2 is 0.810 bits per heavy atom. The normalized spacial score (nSPS) is 11.7. The average molecular weight is 581 g/mol. The fourth-order valence-electron chi connectivity index (χ4n) is 5.34. The maximum Gasteiger partial charge on any atom is 0.0717 e. The summed E-state index contributed by atoms with van der Waals surface area (Å²) in [5.74, 6) is 0. The molecule has 0 N–H and O–H groups in total. The molecule has 4 heteroatoms. The lowest BCUT2D eigenvalue weighted by molar-refractivity contribution is 0.114. The van der Waals surface area contributed by atoms with Gasteiger partial charge >= 0.3 is 0 Å². The average Bonchev–Trinajstić information content (AvgIpc) is 3.02. The van der Waals surface area contributed by atoms with Gasteiger partial charge in [-0.25, -0.2) is 0 Å². The minimum absolute atomic E-state index is 0.681. The molecule has 0 heterocycles. The van der Waals surface area contributed by atoms with E-state index in [1.165, 1.54) is 126 Å². The van der Waals surface area contributed by atoms with Crippen LogP contribution in [0.4, 0.5) is 0 Å². The fraction of sp³-hybridized carbons (Fsp3) is 0.684. The van der Waals surface area contributed by atoms with Crippen molar-refractivity contribution < 1.29 is 9.47 Å². The highest BCUT2D eigenvalue weighted by molar-refractivity contribution is 5.64. The van der Waals surface area contributed by atoms with Gasteiger partial charge in [-0.15, -0.1) is 0 Å². The van der Waals surface area contributed by atoms with Crippen molar-refractivity contribution in [3.63, 3.8) is 0 Å². The molecule has 238 valence electrons. The van der Waals surface area contributed by atoms with E-state index in [-0.39, 0.29) is 0 Å². The Kier molecular flexibility index (Phi) is 21.4. The van der Waals surface area contributed by atoms with Gasteiger partial charge in [0.1, 0.15) is 0 Å². The predicted molar refractivity (Wildman–Crippen MR) is 182 cm³/mol. The van der Waals surface area contributed by atoms with Crippen molar-refractivity contribution in [2.75, 3.05) is 52.5 Å². The Hall–Kier alpha value is -1.72. The Morgan fingerprint density at radius 1 is 0.452 bits per heavy atom. The first-order valence-electron chi connectivity index (χ1n) is 17.5. The highest BCUT2D eigenvalue weighted by Gasteiger charge is 2.06. The summed E-state index contributed by atoms with van der Waals surface area (Å²) in [6, 6.07) is 17.6. The van der Waals surface area contributed by atoms with Crippen LogP contribution in [0.3, 0.4) is 0 Å². The van der Waals surface area contributed by atoms with Crippen molar-refractivity contribution in [1.82, 2.24) is 9.80 Å². The fourth-order valence-corrected chi connectivity index (χ4v) is 5.34. The molecule has 0 saturated carbocycles. The highest BCUT2D eigenvalue weighted by Crippen LogP contribution is 2.22. The van der Waals surface area contributed by atoms with Gasteiger partial charge in [0.25, 0.3) is 0 Å².